The Morgan fingerprint density at radius 3 is 1.54 bits per heavy atom. The van der Waals surface area contributed by atoms with Gasteiger partial charge in [-0.05, 0) is 79.4 Å². The number of nitrogen functional groups attached to an aromatic ring is 1. The lowest BCUT2D eigenvalue weighted by atomic mass is 9.82. The molecule has 6 heterocycles. The van der Waals surface area contributed by atoms with Crippen molar-refractivity contribution in [3.8, 4) is 0 Å². The number of para-hydroxylation sites is 2. The Morgan fingerprint density at radius 2 is 1.09 bits per heavy atom. The van der Waals surface area contributed by atoms with E-state index in [1.54, 1.807) is 18.2 Å². The van der Waals surface area contributed by atoms with Crippen molar-refractivity contribution in [1.82, 2.24) is 4.90 Å². The number of carbonyl (C=O) groups is 4. The van der Waals surface area contributed by atoms with E-state index in [9.17, 15) is 29.3 Å². The molecule has 0 saturated carbocycles. The van der Waals surface area contributed by atoms with E-state index < -0.39 is 17.0 Å². The van der Waals surface area contributed by atoms with E-state index in [0.717, 1.165) is 80.9 Å². The third-order valence-corrected chi connectivity index (χ3v) is 14.8. The SMILES string of the molecule is C.C.CCC.Nc1cccc(C(=O)C[N+]23CCC(CC2)[C@@H](OC(=O)[C@H](Nc2ccccc2)c2ccccc2)C3)c1.O=C(CBr)c1cccc([N+](=O)[O-])c1.O=C(O[C@H]1CN2CCC1CC2)[C@H](Nc1ccccc1)c1ccccc1. The molecule has 4 N–H and O–H groups in total. The van der Waals surface area contributed by atoms with Crippen molar-refractivity contribution in [1.29, 1.82) is 0 Å². The number of nitrogens with two attached hydrogens (primary N) is 1. The highest BCUT2D eigenvalue weighted by Gasteiger charge is 2.49. The van der Waals surface area contributed by atoms with Crippen molar-refractivity contribution < 1.29 is 38.1 Å². The van der Waals surface area contributed by atoms with E-state index in [4.69, 9.17) is 15.2 Å². The lowest BCUT2D eigenvalue weighted by molar-refractivity contribution is -0.938. The molecule has 6 fully saturated rings. The number of rotatable bonds is 16. The number of ketones is 2. The van der Waals surface area contributed by atoms with Gasteiger partial charge in [-0.2, -0.15) is 0 Å². The van der Waals surface area contributed by atoms with Gasteiger partial charge in [-0.1, -0.05) is 172 Å². The normalized spacial score (nSPS) is 20.9. The van der Waals surface area contributed by atoms with Gasteiger partial charge in [0.2, 0.25) is 5.78 Å². The van der Waals surface area contributed by atoms with Crippen LogP contribution < -0.4 is 16.4 Å². The number of hydrogen-bond donors (Lipinski definition) is 3. The van der Waals surface area contributed by atoms with Crippen molar-refractivity contribution in [2.24, 2.45) is 11.8 Å². The molecule has 0 amide bonds. The van der Waals surface area contributed by atoms with Gasteiger partial charge in [0, 0.05) is 65.6 Å². The Bertz CT molecular complexity index is 2810. The first-order chi connectivity index (χ1) is 36.9. The molecule has 6 aromatic carbocycles. The molecule has 6 saturated heterocycles. The summed E-state index contributed by atoms with van der Waals surface area (Å²) in [6.07, 6.45) is 5.29. The van der Waals surface area contributed by atoms with Crippen LogP contribution in [0.1, 0.15) is 105 Å². The van der Waals surface area contributed by atoms with E-state index in [1.165, 1.54) is 24.6 Å². The topological polar surface area (TPSA) is 183 Å². The van der Waals surface area contributed by atoms with Crippen molar-refractivity contribution in [3.05, 3.63) is 202 Å². The molecule has 12 rings (SSSR count). The van der Waals surface area contributed by atoms with Crippen molar-refractivity contribution in [3.63, 3.8) is 0 Å². The molecule has 6 aliphatic rings. The van der Waals surface area contributed by atoms with Crippen LogP contribution >= 0.6 is 15.9 Å². The van der Waals surface area contributed by atoms with Gasteiger partial charge in [0.15, 0.2) is 24.0 Å². The predicted octanol–water partition coefficient (Wildman–Crippen LogP) is 12.8. The van der Waals surface area contributed by atoms with Crippen molar-refractivity contribution in [2.75, 3.05) is 67.5 Å². The summed E-state index contributed by atoms with van der Waals surface area (Å²) >= 11 is 2.99. The van der Waals surface area contributed by atoms with Gasteiger partial charge < -0.3 is 30.3 Å². The molecule has 0 radical (unpaired) electrons. The van der Waals surface area contributed by atoms with E-state index in [-0.39, 0.29) is 61.6 Å². The number of nitrogens with one attached hydrogen (secondary N) is 2. The zero-order chi connectivity index (χ0) is 53.9. The number of nitrogens with zero attached hydrogens (tertiary/aromatic N) is 3. The first kappa shape index (κ1) is 61.7. The lowest BCUT2D eigenvalue weighted by Crippen LogP contribution is -2.65. The second kappa shape index (κ2) is 30.7. The van der Waals surface area contributed by atoms with Gasteiger partial charge >= 0.3 is 11.9 Å². The number of hydrogen-bond acceptors (Lipinski definition) is 12. The maximum absolute atomic E-state index is 13.5. The van der Waals surface area contributed by atoms with E-state index in [0.29, 0.717) is 46.2 Å². The van der Waals surface area contributed by atoms with Crippen molar-refractivity contribution in [2.45, 2.75) is 85.1 Å². The molecular formula is C63H78BrN6O8+. The minimum absolute atomic E-state index is 0. The van der Waals surface area contributed by atoms with Crippen LogP contribution in [0.2, 0.25) is 0 Å². The number of alkyl halides is 1. The minimum Gasteiger partial charge on any atom is -0.459 e. The molecule has 4 bridgehead atoms. The number of nitro benzene ring substituents is 1. The summed E-state index contributed by atoms with van der Waals surface area (Å²) in [5.74, 6) is 0.323. The highest BCUT2D eigenvalue weighted by atomic mass is 79.9. The fourth-order valence-electron chi connectivity index (χ4n) is 10.3. The molecule has 78 heavy (non-hydrogen) atoms. The molecule has 14 nitrogen and oxygen atoms in total. The summed E-state index contributed by atoms with van der Waals surface area (Å²) in [6.45, 7) is 10.4. The van der Waals surface area contributed by atoms with Crippen LogP contribution in [0.25, 0.3) is 0 Å². The van der Waals surface area contributed by atoms with Crippen LogP contribution in [0, 0.1) is 22.0 Å². The van der Waals surface area contributed by atoms with Gasteiger partial charge in [0.25, 0.3) is 5.69 Å². The Balaban J connectivity index is 0.000000227. The van der Waals surface area contributed by atoms with Crippen LogP contribution in [-0.2, 0) is 19.1 Å². The summed E-state index contributed by atoms with van der Waals surface area (Å²) < 4.78 is 12.8. The van der Waals surface area contributed by atoms with Crippen LogP contribution in [0.15, 0.2) is 170 Å². The van der Waals surface area contributed by atoms with Crippen LogP contribution in [0.4, 0.5) is 22.7 Å². The monoisotopic (exact) mass is 1130 g/mol. The number of Topliss-reactive ketones (excluding diaryl/α,β-unsaturated/α-hetero) is 2. The third-order valence-electron chi connectivity index (χ3n) is 14.3. The number of nitro groups is 1. The third kappa shape index (κ3) is 17.4. The first-order valence-corrected chi connectivity index (χ1v) is 27.4. The number of ether oxygens (including phenoxy) is 2. The number of carbonyl (C=O) groups excluding carboxylic acids is 4. The maximum atomic E-state index is 13.5. The summed E-state index contributed by atoms with van der Waals surface area (Å²) in [4.78, 5) is 62.9. The van der Waals surface area contributed by atoms with Gasteiger partial charge in [-0.3, -0.25) is 24.6 Å². The zero-order valence-corrected chi connectivity index (χ0v) is 45.0. The molecule has 4 atom stereocenters. The molecule has 6 aromatic rings. The highest BCUT2D eigenvalue weighted by Crippen LogP contribution is 2.37. The van der Waals surface area contributed by atoms with Crippen LogP contribution in [0.3, 0.4) is 0 Å². The fourth-order valence-corrected chi connectivity index (χ4v) is 10.6. The number of esters is 2. The van der Waals surface area contributed by atoms with E-state index >= 15 is 0 Å². The van der Waals surface area contributed by atoms with Gasteiger partial charge in [-0.25, -0.2) is 9.59 Å². The zero-order valence-electron chi connectivity index (χ0n) is 43.4. The number of quaternary nitrogens is 1. The average molecular weight is 1130 g/mol. The molecule has 0 unspecified atom stereocenters. The minimum atomic E-state index is -0.601. The summed E-state index contributed by atoms with van der Waals surface area (Å²) in [5, 5.41) is 17.2. The van der Waals surface area contributed by atoms with Gasteiger partial charge in [0.05, 0.1) is 23.3 Å². The molecule has 15 heteroatoms. The van der Waals surface area contributed by atoms with Gasteiger partial charge in [0.1, 0.15) is 19.2 Å². The Hall–Kier alpha value is -7.20. The number of anilines is 3. The van der Waals surface area contributed by atoms with Crippen molar-refractivity contribution >= 4 is 62.2 Å². The number of benzene rings is 6. The molecule has 0 spiro atoms. The average Bonchev–Trinajstić information content (AvgIpc) is 3.50. The standard InChI is InChI=1S/C29H32N3O3.C21H24N2O2.C8H6BrNO3.C3H8.2CH4/c30-24-11-7-10-23(18-24)26(33)19-32-16-14-21(15-17-32)27(20-32)35-29(34)28(22-8-3-1-4-9-22)31-25-12-5-2-6-13-25;24-21(25-19-15-23-13-11-16(19)12-14-23)20(17-7-3-1-4-8-17)22-18-9-5-2-6-10-18;9-5-8(11)6-2-1-3-7(4-6)10(12)13;1-3-2;;/h1-13,18,21,27-28,31H,14-17,19-20,30H2;1-10,16,19-20,22H,11-15H2;1-4H,5H2;3H2,1-2H3;2*1H4/q+1;;;;;/t21?,27-,28+,32?;19-,20+;;;;/m00..../s1. The quantitative estimate of drug-likeness (QED) is 0.0159. The molecule has 414 valence electrons. The molecule has 0 aromatic heterocycles. The van der Waals surface area contributed by atoms with E-state index in [1.807, 2.05) is 133 Å². The number of piperidine rings is 6. The Kier molecular flexibility index (Phi) is 24.2. The summed E-state index contributed by atoms with van der Waals surface area (Å²) in [6, 6.07) is 50.8. The van der Waals surface area contributed by atoms with Crippen LogP contribution in [-0.4, -0.2) is 101 Å². The highest BCUT2D eigenvalue weighted by molar-refractivity contribution is 9.09. The maximum Gasteiger partial charge on any atom is 0.333 e. The van der Waals surface area contributed by atoms with Gasteiger partial charge in [-0.15, -0.1) is 0 Å². The summed E-state index contributed by atoms with van der Waals surface area (Å²) in [5.41, 5.74) is 11.0. The lowest BCUT2D eigenvalue weighted by Gasteiger charge is -2.51. The van der Waals surface area contributed by atoms with E-state index in [2.05, 4.69) is 45.3 Å². The number of fused-ring (bicyclic) bond motifs is 6. The second-order valence-corrected chi connectivity index (χ2v) is 20.4. The molecule has 0 aliphatic carbocycles. The van der Waals surface area contributed by atoms with Crippen LogP contribution in [0.5, 0.6) is 0 Å². The Labute approximate surface area is 469 Å². The molecular weight excluding hydrogens is 1050 g/mol. The largest absolute Gasteiger partial charge is 0.459 e. The first-order valence-electron chi connectivity index (χ1n) is 26.3. The number of non-ortho nitro benzene ring substituents is 1. The summed E-state index contributed by atoms with van der Waals surface area (Å²) in [7, 11) is 0. The fraction of sp³-hybridized carbons (Fsp3) is 0.365. The molecule has 6 aliphatic heterocycles. The predicted molar refractivity (Wildman–Crippen MR) is 316 cm³/mol. The smallest absolute Gasteiger partial charge is 0.333 e. The number of halogens is 1. The second-order valence-electron chi connectivity index (χ2n) is 19.9. The Morgan fingerprint density at radius 1 is 0.641 bits per heavy atom.